The van der Waals surface area contributed by atoms with E-state index in [0.29, 0.717) is 10.9 Å². The molecule has 8 heteroatoms. The minimum atomic E-state index is -5.04. The average Bonchev–Trinajstić information content (AvgIpc) is 2.70. The molecule has 0 radical (unpaired) electrons. The molecule has 0 N–H and O–H groups in total. The van der Waals surface area contributed by atoms with E-state index in [1.165, 1.54) is 6.07 Å². The van der Waals surface area contributed by atoms with Crippen LogP contribution in [0.4, 0.5) is 18.9 Å². The molecule has 1 heterocycles. The van der Waals surface area contributed by atoms with E-state index >= 15 is 0 Å². The number of fused-ring (bicyclic) bond motifs is 4. The molecule has 0 saturated heterocycles. The highest BCUT2D eigenvalue weighted by atomic mass is 19.4. The van der Waals surface area contributed by atoms with Crippen molar-refractivity contribution in [3.05, 3.63) is 52.7 Å². The summed E-state index contributed by atoms with van der Waals surface area (Å²) >= 11 is 0. The Morgan fingerprint density at radius 3 is 2.41 bits per heavy atom. The van der Waals surface area contributed by atoms with E-state index in [-0.39, 0.29) is 22.4 Å². The summed E-state index contributed by atoms with van der Waals surface area (Å²) < 4.78 is 48.8. The maximum Gasteiger partial charge on any atom is 0.573 e. The Balaban J connectivity index is 2.08. The Bertz CT molecular complexity index is 1230. The highest BCUT2D eigenvalue weighted by molar-refractivity contribution is 5.99. The number of nitrogens with zero attached hydrogens (tertiary/aromatic N) is 2. The Morgan fingerprint density at radius 2 is 1.76 bits per heavy atom. The lowest BCUT2D eigenvalue weighted by atomic mass is 10.0. The van der Waals surface area contributed by atoms with Crippen LogP contribution in [0.15, 0.2) is 51.7 Å². The third-order valence-electron chi connectivity index (χ3n) is 4.79. The minimum Gasteiger partial charge on any atom is -0.449 e. The zero-order valence-corrected chi connectivity index (χ0v) is 15.7. The second-order valence-electron chi connectivity index (χ2n) is 6.47. The van der Waals surface area contributed by atoms with Gasteiger partial charge in [-0.15, -0.1) is 13.2 Å². The summed E-state index contributed by atoms with van der Waals surface area (Å²) in [4.78, 5) is 19.3. The molecule has 1 aliphatic heterocycles. The van der Waals surface area contributed by atoms with E-state index < -0.39 is 17.5 Å². The molecule has 0 amide bonds. The standard InChI is InChI=1S/C21H17F3N2O3/c1-3-26(4-2)12-9-10-15-16(11-12)28-19-17(25-15)13-7-5-6-8-14(13)18(27)20(19)29-21(22,23)24/h5-11H,3-4H2,1-2H3. The molecule has 0 aromatic heterocycles. The molecule has 1 aliphatic carbocycles. The van der Waals surface area contributed by atoms with Gasteiger partial charge in [-0.3, -0.25) is 4.79 Å². The van der Waals surface area contributed by atoms with Crippen molar-refractivity contribution in [2.75, 3.05) is 18.0 Å². The fourth-order valence-corrected chi connectivity index (χ4v) is 3.45. The van der Waals surface area contributed by atoms with Gasteiger partial charge < -0.3 is 14.1 Å². The quantitative estimate of drug-likeness (QED) is 0.347. The maximum atomic E-state index is 13.0. The zero-order chi connectivity index (χ0) is 20.8. The number of aromatic nitrogens is 1. The first-order valence-electron chi connectivity index (χ1n) is 9.12. The monoisotopic (exact) mass is 402 g/mol. The summed E-state index contributed by atoms with van der Waals surface area (Å²) in [6.45, 7) is 5.49. The molecule has 150 valence electrons. The van der Waals surface area contributed by atoms with Crippen molar-refractivity contribution >= 4 is 27.6 Å². The van der Waals surface area contributed by atoms with Crippen LogP contribution in [0, 0.1) is 0 Å². The molecule has 0 unspecified atom stereocenters. The number of anilines is 1. The SMILES string of the molecule is CCN(CC)c1ccc2nc3c4ccccc4c(=O)c(OC(F)(F)F)c-3oc2c1. The second kappa shape index (κ2) is 6.95. The molecular weight excluding hydrogens is 385 g/mol. The third kappa shape index (κ3) is 3.35. The van der Waals surface area contributed by atoms with Gasteiger partial charge in [0.1, 0.15) is 11.2 Å². The Labute approximate surface area is 163 Å². The first-order chi connectivity index (χ1) is 13.8. The van der Waals surface area contributed by atoms with Crippen molar-refractivity contribution in [1.29, 1.82) is 0 Å². The van der Waals surface area contributed by atoms with Crippen LogP contribution in [0.3, 0.4) is 0 Å². The van der Waals surface area contributed by atoms with Crippen LogP contribution >= 0.6 is 0 Å². The van der Waals surface area contributed by atoms with Gasteiger partial charge in [-0.25, -0.2) is 4.98 Å². The summed E-state index contributed by atoms with van der Waals surface area (Å²) in [6, 6.07) is 11.6. The van der Waals surface area contributed by atoms with Crippen molar-refractivity contribution in [2.45, 2.75) is 20.2 Å². The van der Waals surface area contributed by atoms with Gasteiger partial charge in [-0.05, 0) is 26.0 Å². The van der Waals surface area contributed by atoms with E-state index in [4.69, 9.17) is 4.42 Å². The van der Waals surface area contributed by atoms with Crippen LogP contribution < -0.4 is 15.1 Å². The van der Waals surface area contributed by atoms with Gasteiger partial charge in [-0.2, -0.15) is 0 Å². The van der Waals surface area contributed by atoms with Crippen LogP contribution in [0.25, 0.3) is 33.3 Å². The van der Waals surface area contributed by atoms with Crippen LogP contribution in [-0.2, 0) is 0 Å². The molecule has 0 bridgehead atoms. The van der Waals surface area contributed by atoms with Crippen LogP contribution in [0.1, 0.15) is 13.8 Å². The number of rotatable bonds is 4. The summed E-state index contributed by atoms with van der Waals surface area (Å²) in [5.74, 6) is -1.23. The number of halogens is 3. The molecule has 0 spiro atoms. The first-order valence-corrected chi connectivity index (χ1v) is 9.12. The molecular formula is C21H17F3N2O3. The van der Waals surface area contributed by atoms with Gasteiger partial charge in [0.25, 0.3) is 0 Å². The van der Waals surface area contributed by atoms with Crippen molar-refractivity contribution in [3.63, 3.8) is 0 Å². The molecule has 0 saturated carbocycles. The van der Waals surface area contributed by atoms with Gasteiger partial charge in [0.05, 0.1) is 0 Å². The van der Waals surface area contributed by atoms with Crippen molar-refractivity contribution < 1.29 is 22.3 Å². The van der Waals surface area contributed by atoms with E-state index in [1.54, 1.807) is 30.3 Å². The lowest BCUT2D eigenvalue weighted by Gasteiger charge is -2.21. The molecule has 2 aromatic carbocycles. The molecule has 2 aliphatic rings. The molecule has 0 atom stereocenters. The van der Waals surface area contributed by atoms with Crippen LogP contribution in [-0.4, -0.2) is 24.4 Å². The summed E-state index contributed by atoms with van der Waals surface area (Å²) in [5.41, 5.74) is 0.824. The lowest BCUT2D eigenvalue weighted by molar-refractivity contribution is -0.275. The summed E-state index contributed by atoms with van der Waals surface area (Å²) in [7, 11) is 0. The van der Waals surface area contributed by atoms with Gasteiger partial charge >= 0.3 is 6.36 Å². The van der Waals surface area contributed by atoms with Gasteiger partial charge in [0.15, 0.2) is 11.3 Å². The normalized spacial score (nSPS) is 12.0. The number of hydrogen-bond donors (Lipinski definition) is 0. The lowest BCUT2D eigenvalue weighted by Crippen LogP contribution is -2.23. The fourth-order valence-electron chi connectivity index (χ4n) is 3.45. The zero-order valence-electron chi connectivity index (χ0n) is 15.7. The highest BCUT2D eigenvalue weighted by Crippen LogP contribution is 2.38. The van der Waals surface area contributed by atoms with E-state index in [9.17, 15) is 18.0 Å². The Hall–Kier alpha value is -3.29. The highest BCUT2D eigenvalue weighted by Gasteiger charge is 2.36. The predicted octanol–water partition coefficient (Wildman–Crippen LogP) is 5.19. The van der Waals surface area contributed by atoms with Gasteiger partial charge in [0, 0.05) is 35.6 Å². The van der Waals surface area contributed by atoms with Crippen LogP contribution in [0.2, 0.25) is 0 Å². The topological polar surface area (TPSA) is 55.6 Å². The number of hydrogen-bond acceptors (Lipinski definition) is 5. The fraction of sp³-hybridized carbons (Fsp3) is 0.238. The summed E-state index contributed by atoms with van der Waals surface area (Å²) in [6.07, 6.45) is -5.04. The number of benzene rings is 3. The van der Waals surface area contributed by atoms with Crippen molar-refractivity contribution in [3.8, 4) is 17.2 Å². The van der Waals surface area contributed by atoms with Gasteiger partial charge in [0.2, 0.25) is 11.2 Å². The molecule has 4 rings (SSSR count). The maximum absolute atomic E-state index is 13.0. The Morgan fingerprint density at radius 1 is 1.07 bits per heavy atom. The Kier molecular flexibility index (Phi) is 4.56. The predicted molar refractivity (Wildman–Crippen MR) is 105 cm³/mol. The number of alkyl halides is 3. The van der Waals surface area contributed by atoms with E-state index in [1.807, 2.05) is 19.9 Å². The second-order valence-corrected chi connectivity index (χ2v) is 6.47. The van der Waals surface area contributed by atoms with Crippen molar-refractivity contribution in [2.24, 2.45) is 0 Å². The summed E-state index contributed by atoms with van der Waals surface area (Å²) in [5, 5.41) is 0.488. The molecule has 0 fully saturated rings. The largest absolute Gasteiger partial charge is 0.573 e. The third-order valence-corrected chi connectivity index (χ3v) is 4.79. The van der Waals surface area contributed by atoms with E-state index in [2.05, 4.69) is 14.6 Å². The minimum absolute atomic E-state index is 0.0843. The first kappa shape index (κ1) is 19.0. The molecule has 5 nitrogen and oxygen atoms in total. The van der Waals surface area contributed by atoms with Crippen molar-refractivity contribution in [1.82, 2.24) is 4.98 Å². The van der Waals surface area contributed by atoms with Crippen LogP contribution in [0.5, 0.6) is 5.75 Å². The van der Waals surface area contributed by atoms with E-state index in [0.717, 1.165) is 18.8 Å². The average molecular weight is 402 g/mol. The molecule has 2 aromatic rings. The smallest absolute Gasteiger partial charge is 0.449 e. The van der Waals surface area contributed by atoms with Gasteiger partial charge in [-0.1, -0.05) is 24.3 Å². The number of ether oxygens (including phenoxy) is 1. The molecule has 29 heavy (non-hydrogen) atoms.